The molecule has 0 fully saturated rings. The Morgan fingerprint density at radius 3 is 2.00 bits per heavy atom. The summed E-state index contributed by atoms with van der Waals surface area (Å²) in [5, 5.41) is 0. The lowest BCUT2D eigenvalue weighted by molar-refractivity contribution is -0.117. The van der Waals surface area contributed by atoms with E-state index in [2.05, 4.69) is 0 Å². The monoisotopic (exact) mass is 371 g/mol. The highest BCUT2D eigenvalue weighted by atomic mass is 32.2. The number of hydrogen-bond donors (Lipinski definition) is 1. The van der Waals surface area contributed by atoms with Gasteiger partial charge in [-0.3, -0.25) is 14.4 Å². The van der Waals surface area contributed by atoms with Crippen LogP contribution in [0.25, 0.3) is 6.08 Å². The smallest absolute Gasteiger partial charge is 0.367 e. The molecule has 0 bridgehead atoms. The van der Waals surface area contributed by atoms with Gasteiger partial charge in [-0.2, -0.15) is 8.42 Å². The van der Waals surface area contributed by atoms with Gasteiger partial charge in [0.1, 0.15) is 5.75 Å². The summed E-state index contributed by atoms with van der Waals surface area (Å²) < 4.78 is 29.4. The molecule has 1 amide bonds. The van der Waals surface area contributed by atoms with Crippen molar-refractivity contribution < 1.29 is 27.0 Å². The summed E-state index contributed by atoms with van der Waals surface area (Å²) in [6.45, 7) is 1.05. The van der Waals surface area contributed by atoms with Crippen molar-refractivity contribution in [2.75, 3.05) is 0 Å². The maximum absolute atomic E-state index is 12.3. The fourth-order valence-corrected chi connectivity index (χ4v) is 3.27. The van der Waals surface area contributed by atoms with Crippen LogP contribution in [0.4, 0.5) is 0 Å². The van der Waals surface area contributed by atoms with Gasteiger partial charge in [0.25, 0.3) is 0 Å². The third-order valence-corrected chi connectivity index (χ3v) is 4.52. The molecule has 1 aliphatic carbocycles. The van der Waals surface area contributed by atoms with Crippen LogP contribution in [0.5, 0.6) is 5.75 Å². The number of fused-ring (bicyclic) bond motifs is 1. The molecule has 7 nitrogen and oxygen atoms in total. The van der Waals surface area contributed by atoms with Gasteiger partial charge in [-0.15, -0.1) is 0 Å². The Balaban J connectivity index is 1.82. The number of allylic oxidation sites excluding steroid dienone is 1. The second kappa shape index (κ2) is 6.57. The van der Waals surface area contributed by atoms with Crippen LogP contribution in [0.1, 0.15) is 33.2 Å². The van der Waals surface area contributed by atoms with Crippen LogP contribution in [0, 0.1) is 0 Å². The topological polar surface area (TPSA) is 107 Å². The third-order valence-electron chi connectivity index (χ3n) is 3.57. The van der Waals surface area contributed by atoms with Crippen molar-refractivity contribution in [3.8, 4) is 5.75 Å². The zero-order valence-corrected chi connectivity index (χ0v) is 14.4. The molecule has 0 unspecified atom stereocenters. The van der Waals surface area contributed by atoms with Crippen LogP contribution in [0.3, 0.4) is 0 Å². The van der Waals surface area contributed by atoms with E-state index in [0.717, 1.165) is 6.92 Å². The predicted octanol–water partition coefficient (Wildman–Crippen LogP) is 1.91. The molecule has 0 radical (unpaired) electrons. The van der Waals surface area contributed by atoms with E-state index in [1.165, 1.54) is 30.3 Å². The molecule has 0 saturated heterocycles. The number of benzene rings is 2. The van der Waals surface area contributed by atoms with E-state index in [4.69, 9.17) is 4.18 Å². The average molecular weight is 371 g/mol. The molecular weight excluding hydrogens is 358 g/mol. The number of amides is 1. The minimum absolute atomic E-state index is 0.0201. The summed E-state index contributed by atoms with van der Waals surface area (Å²) in [4.78, 5) is 35.5. The molecule has 1 aliphatic rings. The highest BCUT2D eigenvalue weighted by Gasteiger charge is 2.32. The van der Waals surface area contributed by atoms with E-state index in [1.807, 2.05) is 0 Å². The van der Waals surface area contributed by atoms with Crippen molar-refractivity contribution in [2.24, 2.45) is 0 Å². The number of rotatable bonds is 4. The Morgan fingerprint density at radius 1 is 0.962 bits per heavy atom. The normalized spacial score (nSPS) is 13.3. The molecule has 1 N–H and O–H groups in total. The predicted molar refractivity (Wildman–Crippen MR) is 92.9 cm³/mol. The first-order valence-electron chi connectivity index (χ1n) is 7.50. The fourth-order valence-electron chi connectivity index (χ4n) is 2.51. The van der Waals surface area contributed by atoms with Crippen LogP contribution in [0.15, 0.2) is 54.1 Å². The zero-order chi connectivity index (χ0) is 18.9. The van der Waals surface area contributed by atoms with Gasteiger partial charge in [-0.25, -0.2) is 4.72 Å². The molecule has 0 spiro atoms. The Hall–Kier alpha value is -3.26. The molecule has 26 heavy (non-hydrogen) atoms. The van der Waals surface area contributed by atoms with Crippen LogP contribution < -0.4 is 8.91 Å². The van der Waals surface area contributed by atoms with Crippen LogP contribution in [-0.4, -0.2) is 25.9 Å². The third kappa shape index (κ3) is 3.55. The summed E-state index contributed by atoms with van der Waals surface area (Å²) in [5.74, 6) is -1.49. The maximum atomic E-state index is 12.3. The van der Waals surface area contributed by atoms with E-state index < -0.39 is 16.2 Å². The molecule has 2 aromatic carbocycles. The molecule has 8 heteroatoms. The van der Waals surface area contributed by atoms with Gasteiger partial charge < -0.3 is 4.18 Å². The molecule has 0 atom stereocenters. The minimum Gasteiger partial charge on any atom is -0.367 e. The minimum atomic E-state index is -4.25. The van der Waals surface area contributed by atoms with Gasteiger partial charge in [0.2, 0.25) is 5.91 Å². The van der Waals surface area contributed by atoms with Crippen molar-refractivity contribution in [2.45, 2.75) is 6.92 Å². The van der Waals surface area contributed by atoms with Gasteiger partial charge in [0.05, 0.1) is 5.57 Å². The number of carbonyl (C=O) groups excluding carboxylic acids is 3. The number of nitrogens with one attached hydrogen (secondary N) is 1. The lowest BCUT2D eigenvalue weighted by Crippen LogP contribution is -2.32. The number of carbonyl (C=O) groups is 3. The van der Waals surface area contributed by atoms with E-state index in [-0.39, 0.29) is 22.9 Å². The van der Waals surface area contributed by atoms with E-state index in [9.17, 15) is 22.8 Å². The number of Topliss-reactive ketones (excluding diaryl/α,β-unsaturated/α-hetero) is 2. The lowest BCUT2D eigenvalue weighted by atomic mass is 10.1. The first kappa shape index (κ1) is 17.6. The molecule has 132 valence electrons. The van der Waals surface area contributed by atoms with E-state index >= 15 is 0 Å². The molecule has 3 rings (SSSR count). The molecule has 2 aromatic rings. The summed E-state index contributed by atoms with van der Waals surface area (Å²) in [5.41, 5.74) is 1.31. The van der Waals surface area contributed by atoms with Crippen molar-refractivity contribution >= 4 is 33.9 Å². The summed E-state index contributed by atoms with van der Waals surface area (Å²) in [6.07, 6.45) is 1.44. The molecule has 0 heterocycles. The van der Waals surface area contributed by atoms with Crippen LogP contribution >= 0.6 is 0 Å². The zero-order valence-electron chi connectivity index (χ0n) is 13.6. The molecule has 0 saturated carbocycles. The van der Waals surface area contributed by atoms with Crippen molar-refractivity contribution in [1.82, 2.24) is 4.72 Å². The molecular formula is C18H13NO6S. The van der Waals surface area contributed by atoms with Gasteiger partial charge in [0.15, 0.2) is 11.6 Å². The Labute approximate surface area is 149 Å². The standard InChI is InChI=1S/C18H13NO6S/c1-11(20)19-26(23,24)25-13-8-6-12(7-9-13)10-16-17(21)14-4-2-3-5-15(14)18(16)22/h2-10H,1H3,(H,19,20). The number of hydrogen-bond acceptors (Lipinski definition) is 6. The van der Waals surface area contributed by atoms with Crippen molar-refractivity contribution in [3.63, 3.8) is 0 Å². The maximum Gasteiger partial charge on any atom is 0.409 e. The molecule has 0 aromatic heterocycles. The van der Waals surface area contributed by atoms with E-state index in [1.54, 1.807) is 29.0 Å². The van der Waals surface area contributed by atoms with Gasteiger partial charge in [-0.05, 0) is 23.8 Å². The Morgan fingerprint density at radius 2 is 1.50 bits per heavy atom. The first-order chi connectivity index (χ1) is 12.3. The SMILES string of the molecule is CC(=O)NS(=O)(=O)Oc1ccc(C=C2C(=O)c3ccccc3C2=O)cc1. The second-order valence-electron chi connectivity index (χ2n) is 5.53. The fraction of sp³-hybridized carbons (Fsp3) is 0.0556. The van der Waals surface area contributed by atoms with Gasteiger partial charge in [0, 0.05) is 18.1 Å². The Kier molecular flexibility index (Phi) is 4.43. The van der Waals surface area contributed by atoms with Crippen LogP contribution in [-0.2, 0) is 15.1 Å². The molecule has 0 aliphatic heterocycles. The second-order valence-corrected chi connectivity index (χ2v) is 6.81. The van der Waals surface area contributed by atoms with Crippen molar-refractivity contribution in [1.29, 1.82) is 0 Å². The highest BCUT2D eigenvalue weighted by Crippen LogP contribution is 2.28. The van der Waals surface area contributed by atoms with Gasteiger partial charge >= 0.3 is 10.3 Å². The average Bonchev–Trinajstić information content (AvgIpc) is 2.80. The summed E-state index contributed by atoms with van der Waals surface area (Å²) in [6, 6.07) is 12.3. The lowest BCUT2D eigenvalue weighted by Gasteiger charge is -2.06. The van der Waals surface area contributed by atoms with Crippen LogP contribution in [0.2, 0.25) is 0 Å². The first-order valence-corrected chi connectivity index (χ1v) is 8.90. The highest BCUT2D eigenvalue weighted by molar-refractivity contribution is 7.85. The summed E-state index contributed by atoms with van der Waals surface area (Å²) in [7, 11) is -4.25. The van der Waals surface area contributed by atoms with Crippen molar-refractivity contribution in [3.05, 3.63) is 70.8 Å². The van der Waals surface area contributed by atoms with E-state index in [0.29, 0.717) is 16.7 Å². The van der Waals surface area contributed by atoms with Gasteiger partial charge in [-0.1, -0.05) is 36.4 Å². The summed E-state index contributed by atoms with van der Waals surface area (Å²) >= 11 is 0. The Bertz CT molecular complexity index is 1010. The largest absolute Gasteiger partial charge is 0.409 e. The number of ketones is 2. The quantitative estimate of drug-likeness (QED) is 0.650.